The highest BCUT2D eigenvalue weighted by atomic mass is 32.2. The molecular formula is C20H25NO4S2. The monoisotopic (exact) mass is 407 g/mol. The first kappa shape index (κ1) is 21.4. The van der Waals surface area contributed by atoms with Crippen LogP contribution in [0.15, 0.2) is 29.2 Å². The van der Waals surface area contributed by atoms with Gasteiger partial charge in [-0.2, -0.15) is 0 Å². The number of hydrogen-bond donors (Lipinski definition) is 0. The summed E-state index contributed by atoms with van der Waals surface area (Å²) in [6.07, 6.45) is 5.70. The topological polar surface area (TPSA) is 55.8 Å². The van der Waals surface area contributed by atoms with E-state index in [0.717, 1.165) is 30.6 Å². The molecule has 1 aliphatic heterocycles. The van der Waals surface area contributed by atoms with Gasteiger partial charge in [-0.1, -0.05) is 55.9 Å². The number of hydrogen-bond acceptors (Lipinski definition) is 6. The molecular weight excluding hydrogens is 382 g/mol. The maximum absolute atomic E-state index is 12.6. The number of esters is 1. The summed E-state index contributed by atoms with van der Waals surface area (Å²) in [5.74, 6) is 0.434. The summed E-state index contributed by atoms with van der Waals surface area (Å²) in [4.78, 5) is 26.4. The van der Waals surface area contributed by atoms with Crippen LogP contribution in [0.3, 0.4) is 0 Å². The van der Waals surface area contributed by atoms with E-state index in [-0.39, 0.29) is 11.9 Å². The second-order valence-corrected chi connectivity index (χ2v) is 7.81. The molecule has 2 rings (SSSR count). The Morgan fingerprint density at radius 1 is 1.22 bits per heavy atom. The van der Waals surface area contributed by atoms with E-state index in [1.807, 2.05) is 30.3 Å². The highest BCUT2D eigenvalue weighted by Gasteiger charge is 2.31. The molecule has 0 atom stereocenters. The van der Waals surface area contributed by atoms with Crippen molar-refractivity contribution in [1.82, 2.24) is 4.90 Å². The molecule has 1 fully saturated rings. The normalized spacial score (nSPS) is 15.5. The maximum atomic E-state index is 12.6. The molecule has 5 nitrogen and oxygen atoms in total. The smallest absolute Gasteiger partial charge is 0.305 e. The second kappa shape index (κ2) is 11.1. The zero-order valence-corrected chi connectivity index (χ0v) is 17.4. The van der Waals surface area contributed by atoms with Gasteiger partial charge in [-0.05, 0) is 36.6 Å². The van der Waals surface area contributed by atoms with Crippen molar-refractivity contribution in [3.8, 4) is 5.75 Å². The third-order valence-corrected chi connectivity index (χ3v) is 5.44. The zero-order chi connectivity index (χ0) is 19.6. The molecule has 0 spiro atoms. The van der Waals surface area contributed by atoms with Crippen LogP contribution in [0, 0.1) is 0 Å². The Kier molecular flexibility index (Phi) is 8.81. The molecule has 1 aliphatic rings. The summed E-state index contributed by atoms with van der Waals surface area (Å²) in [6.45, 7) is 3.00. The Labute approximate surface area is 170 Å². The predicted molar refractivity (Wildman–Crippen MR) is 113 cm³/mol. The van der Waals surface area contributed by atoms with Gasteiger partial charge in [0.2, 0.25) is 0 Å². The fourth-order valence-corrected chi connectivity index (χ4v) is 3.84. The van der Waals surface area contributed by atoms with Gasteiger partial charge >= 0.3 is 5.97 Å². The lowest BCUT2D eigenvalue weighted by atomic mass is 10.2. The van der Waals surface area contributed by atoms with Crippen molar-refractivity contribution >= 4 is 46.3 Å². The molecule has 0 bridgehead atoms. The number of amides is 1. The summed E-state index contributed by atoms with van der Waals surface area (Å²) in [7, 11) is 1.61. The van der Waals surface area contributed by atoms with Crippen LogP contribution in [-0.4, -0.2) is 41.4 Å². The number of carbonyl (C=O) groups is 2. The quantitative estimate of drug-likeness (QED) is 0.248. The van der Waals surface area contributed by atoms with Crippen molar-refractivity contribution in [2.45, 2.75) is 39.0 Å². The molecule has 1 aromatic rings. The minimum atomic E-state index is -0.217. The Bertz CT molecular complexity index is 700. The van der Waals surface area contributed by atoms with E-state index >= 15 is 0 Å². The maximum Gasteiger partial charge on any atom is 0.305 e. The van der Waals surface area contributed by atoms with Gasteiger partial charge in [-0.25, -0.2) is 0 Å². The average Bonchev–Trinajstić information content (AvgIpc) is 2.93. The number of thioether (sulfide) groups is 1. The third-order valence-electron chi connectivity index (χ3n) is 4.06. The molecule has 1 saturated heterocycles. The van der Waals surface area contributed by atoms with Gasteiger partial charge in [-0.15, -0.1) is 0 Å². The lowest BCUT2D eigenvalue weighted by Crippen LogP contribution is -2.29. The van der Waals surface area contributed by atoms with Crippen LogP contribution in [0.5, 0.6) is 5.75 Å². The molecule has 0 aliphatic carbocycles. The first-order valence-electron chi connectivity index (χ1n) is 9.10. The van der Waals surface area contributed by atoms with Crippen LogP contribution in [0.2, 0.25) is 0 Å². The van der Waals surface area contributed by atoms with Crippen LogP contribution in [0.4, 0.5) is 0 Å². The molecule has 27 heavy (non-hydrogen) atoms. The van der Waals surface area contributed by atoms with Gasteiger partial charge in [-0.3, -0.25) is 14.5 Å². The minimum Gasteiger partial charge on any atom is -0.497 e. The fourth-order valence-electron chi connectivity index (χ4n) is 2.54. The molecule has 0 radical (unpaired) electrons. The van der Waals surface area contributed by atoms with Crippen LogP contribution < -0.4 is 4.74 Å². The van der Waals surface area contributed by atoms with E-state index in [4.69, 9.17) is 21.7 Å². The number of unbranched alkanes of at least 4 members (excludes halogenated alkanes) is 2. The van der Waals surface area contributed by atoms with Gasteiger partial charge in [0.05, 0.1) is 18.6 Å². The first-order valence-corrected chi connectivity index (χ1v) is 10.3. The molecule has 7 heteroatoms. The van der Waals surface area contributed by atoms with Gasteiger partial charge in [0.1, 0.15) is 10.1 Å². The van der Waals surface area contributed by atoms with Crippen molar-refractivity contribution in [3.05, 3.63) is 34.7 Å². The molecule has 0 N–H and O–H groups in total. The summed E-state index contributed by atoms with van der Waals surface area (Å²) in [5, 5.41) is 0. The summed E-state index contributed by atoms with van der Waals surface area (Å²) in [6, 6.07) is 7.47. The van der Waals surface area contributed by atoms with Gasteiger partial charge in [0, 0.05) is 13.0 Å². The second-order valence-electron chi connectivity index (χ2n) is 6.14. The largest absolute Gasteiger partial charge is 0.497 e. The molecule has 1 heterocycles. The molecule has 1 amide bonds. The Balaban J connectivity index is 1.82. The standard InChI is InChI=1S/C20H25NO4S2/c1-3-4-5-13-25-18(22)7-6-12-21-19(23)17(27-20(21)26)14-15-8-10-16(24-2)11-9-15/h8-11,14H,3-7,12-13H2,1-2H3/b17-14-. The number of thiocarbonyl (C=S) groups is 1. The molecule has 0 aromatic heterocycles. The molecule has 0 unspecified atom stereocenters. The van der Waals surface area contributed by atoms with Crippen molar-refractivity contribution in [2.24, 2.45) is 0 Å². The summed E-state index contributed by atoms with van der Waals surface area (Å²) < 4.78 is 10.8. The third kappa shape index (κ3) is 6.66. The van der Waals surface area contributed by atoms with Gasteiger partial charge < -0.3 is 9.47 Å². The van der Waals surface area contributed by atoms with Crippen LogP contribution in [-0.2, 0) is 14.3 Å². The van der Waals surface area contributed by atoms with Gasteiger partial charge in [0.25, 0.3) is 5.91 Å². The van der Waals surface area contributed by atoms with Crippen molar-refractivity contribution in [2.75, 3.05) is 20.3 Å². The number of nitrogens with zero attached hydrogens (tertiary/aromatic N) is 1. The number of benzene rings is 1. The SMILES string of the molecule is CCCCCOC(=O)CCCN1C(=O)/C(=C/c2ccc(OC)cc2)SC1=S. The van der Waals surface area contributed by atoms with Crippen molar-refractivity contribution in [1.29, 1.82) is 0 Å². The molecule has 146 valence electrons. The number of carbonyl (C=O) groups excluding carboxylic acids is 2. The Morgan fingerprint density at radius 3 is 2.63 bits per heavy atom. The van der Waals surface area contributed by atoms with E-state index in [2.05, 4.69) is 6.92 Å². The molecule has 1 aromatic carbocycles. The van der Waals surface area contributed by atoms with E-state index in [1.165, 1.54) is 11.8 Å². The van der Waals surface area contributed by atoms with Gasteiger partial charge in [0.15, 0.2) is 0 Å². The Morgan fingerprint density at radius 2 is 1.96 bits per heavy atom. The van der Waals surface area contributed by atoms with E-state index in [0.29, 0.717) is 35.2 Å². The number of ether oxygens (including phenoxy) is 2. The Hall–Kier alpha value is -1.86. The fraction of sp³-hybridized carbons (Fsp3) is 0.450. The van der Waals surface area contributed by atoms with Crippen LogP contribution in [0.1, 0.15) is 44.6 Å². The summed E-state index contributed by atoms with van der Waals surface area (Å²) in [5.41, 5.74) is 0.909. The van der Waals surface area contributed by atoms with Crippen LogP contribution >= 0.6 is 24.0 Å². The van der Waals surface area contributed by atoms with E-state index in [9.17, 15) is 9.59 Å². The highest BCUT2D eigenvalue weighted by molar-refractivity contribution is 8.26. The number of methoxy groups -OCH3 is 1. The molecule has 0 saturated carbocycles. The predicted octanol–water partition coefficient (Wildman–Crippen LogP) is 4.41. The highest BCUT2D eigenvalue weighted by Crippen LogP contribution is 2.32. The summed E-state index contributed by atoms with van der Waals surface area (Å²) >= 11 is 6.61. The minimum absolute atomic E-state index is 0.114. The zero-order valence-electron chi connectivity index (χ0n) is 15.7. The first-order chi connectivity index (χ1) is 13.0. The lowest BCUT2D eigenvalue weighted by Gasteiger charge is -2.13. The van der Waals surface area contributed by atoms with Crippen molar-refractivity contribution < 1.29 is 19.1 Å². The van der Waals surface area contributed by atoms with Crippen LogP contribution in [0.25, 0.3) is 6.08 Å². The van der Waals surface area contributed by atoms with Crippen molar-refractivity contribution in [3.63, 3.8) is 0 Å². The number of rotatable bonds is 10. The van der Waals surface area contributed by atoms with E-state index in [1.54, 1.807) is 12.0 Å². The average molecular weight is 408 g/mol. The lowest BCUT2D eigenvalue weighted by molar-refractivity contribution is -0.144. The van der Waals surface area contributed by atoms with E-state index < -0.39 is 0 Å².